The third-order valence-corrected chi connectivity index (χ3v) is 4.04. The summed E-state index contributed by atoms with van der Waals surface area (Å²) in [5.74, 6) is 8.74. The molecule has 0 radical (unpaired) electrons. The highest BCUT2D eigenvalue weighted by atomic mass is 15.3. The van der Waals surface area contributed by atoms with Gasteiger partial charge in [-0.2, -0.15) is 0 Å². The van der Waals surface area contributed by atoms with Crippen LogP contribution in [0.4, 0.5) is 11.6 Å². The van der Waals surface area contributed by atoms with Crippen LogP contribution in [-0.2, 0) is 6.42 Å². The summed E-state index contributed by atoms with van der Waals surface area (Å²) in [6.45, 7) is 5.44. The van der Waals surface area contributed by atoms with Crippen molar-refractivity contribution in [2.45, 2.75) is 46.0 Å². The fourth-order valence-corrected chi connectivity index (χ4v) is 3.01. The largest absolute Gasteiger partial charge is 0.369 e. The lowest BCUT2D eigenvalue weighted by Gasteiger charge is -2.27. The zero-order valence-corrected chi connectivity index (χ0v) is 11.9. The summed E-state index contributed by atoms with van der Waals surface area (Å²) in [6, 6.07) is 0. The normalized spacial score (nSPS) is 23.1. The molecule has 0 aromatic carbocycles. The summed E-state index contributed by atoms with van der Waals surface area (Å²) in [7, 11) is 0. The quantitative estimate of drug-likeness (QED) is 0.562. The highest BCUT2D eigenvalue weighted by molar-refractivity contribution is 5.56. The van der Waals surface area contributed by atoms with E-state index in [4.69, 9.17) is 5.84 Å². The van der Waals surface area contributed by atoms with Crippen LogP contribution in [0, 0.1) is 11.8 Å². The van der Waals surface area contributed by atoms with E-state index in [1.54, 1.807) is 6.33 Å². The van der Waals surface area contributed by atoms with Gasteiger partial charge in [0.1, 0.15) is 18.0 Å². The first-order valence-corrected chi connectivity index (χ1v) is 7.29. The SMILES string of the molecule is CCc1c(NN)ncnc1NCC1CCCC(C)C1. The summed E-state index contributed by atoms with van der Waals surface area (Å²) in [6.07, 6.45) is 7.80. The van der Waals surface area contributed by atoms with Crippen molar-refractivity contribution in [3.63, 3.8) is 0 Å². The van der Waals surface area contributed by atoms with Gasteiger partial charge in [0.2, 0.25) is 0 Å². The zero-order valence-electron chi connectivity index (χ0n) is 11.9. The van der Waals surface area contributed by atoms with E-state index in [9.17, 15) is 0 Å². The minimum absolute atomic E-state index is 0.719. The first-order valence-electron chi connectivity index (χ1n) is 7.29. The zero-order chi connectivity index (χ0) is 13.7. The van der Waals surface area contributed by atoms with Crippen LogP contribution >= 0.6 is 0 Å². The van der Waals surface area contributed by atoms with E-state index in [0.717, 1.165) is 42.0 Å². The number of nitrogens with two attached hydrogens (primary N) is 1. The second-order valence-electron chi connectivity index (χ2n) is 5.57. The van der Waals surface area contributed by atoms with Crippen molar-refractivity contribution in [3.8, 4) is 0 Å². The van der Waals surface area contributed by atoms with Gasteiger partial charge < -0.3 is 10.7 Å². The Kier molecular flexibility index (Phi) is 4.96. The number of hydrogen-bond donors (Lipinski definition) is 3. The van der Waals surface area contributed by atoms with Crippen LogP contribution in [0.2, 0.25) is 0 Å². The van der Waals surface area contributed by atoms with Crippen LogP contribution in [0.15, 0.2) is 6.33 Å². The van der Waals surface area contributed by atoms with Crippen LogP contribution in [0.5, 0.6) is 0 Å². The molecular weight excluding hydrogens is 238 g/mol. The molecule has 1 aromatic heterocycles. The van der Waals surface area contributed by atoms with Gasteiger partial charge in [0.15, 0.2) is 0 Å². The summed E-state index contributed by atoms with van der Waals surface area (Å²) in [5, 5.41) is 3.48. The molecule has 0 spiro atoms. The molecule has 1 saturated carbocycles. The van der Waals surface area contributed by atoms with E-state index in [0.29, 0.717) is 0 Å². The maximum Gasteiger partial charge on any atom is 0.148 e. The Hall–Kier alpha value is -1.36. The molecule has 1 aliphatic carbocycles. The van der Waals surface area contributed by atoms with Crippen molar-refractivity contribution in [3.05, 3.63) is 11.9 Å². The number of nitrogens with zero attached hydrogens (tertiary/aromatic N) is 2. The van der Waals surface area contributed by atoms with E-state index in [2.05, 4.69) is 34.6 Å². The van der Waals surface area contributed by atoms with Crippen molar-refractivity contribution in [2.75, 3.05) is 17.3 Å². The molecule has 0 bridgehead atoms. The minimum atomic E-state index is 0.719. The average Bonchev–Trinajstić information content (AvgIpc) is 2.44. The molecule has 5 nitrogen and oxygen atoms in total. The molecule has 2 atom stereocenters. The first-order chi connectivity index (χ1) is 9.24. The van der Waals surface area contributed by atoms with Gasteiger partial charge in [-0.05, 0) is 31.1 Å². The van der Waals surface area contributed by atoms with Crippen LogP contribution in [0.3, 0.4) is 0 Å². The Balaban J connectivity index is 1.99. The molecule has 2 rings (SSSR count). The molecule has 106 valence electrons. The number of rotatable bonds is 5. The van der Waals surface area contributed by atoms with Crippen molar-refractivity contribution in [1.82, 2.24) is 9.97 Å². The van der Waals surface area contributed by atoms with E-state index < -0.39 is 0 Å². The number of nitrogen functional groups attached to an aromatic ring is 1. The maximum absolute atomic E-state index is 5.48. The number of hydrogen-bond acceptors (Lipinski definition) is 5. The molecule has 1 fully saturated rings. The molecule has 2 unspecified atom stereocenters. The second kappa shape index (κ2) is 6.70. The van der Waals surface area contributed by atoms with Gasteiger partial charge >= 0.3 is 0 Å². The van der Waals surface area contributed by atoms with E-state index in [-0.39, 0.29) is 0 Å². The van der Waals surface area contributed by atoms with Gasteiger partial charge in [0, 0.05) is 12.1 Å². The van der Waals surface area contributed by atoms with Crippen LogP contribution in [0.1, 0.15) is 45.1 Å². The van der Waals surface area contributed by atoms with E-state index in [1.807, 2.05) is 0 Å². The fourth-order valence-electron chi connectivity index (χ4n) is 3.01. The fraction of sp³-hybridized carbons (Fsp3) is 0.714. The standard InChI is InChI=1S/C14H25N5/c1-3-12-13(17-9-18-14(12)19-15)16-8-11-6-4-5-10(2)7-11/h9-11H,3-8,15H2,1-2H3,(H2,16,17,18,19). The highest BCUT2D eigenvalue weighted by Gasteiger charge is 2.19. The Morgan fingerprint density at radius 3 is 2.79 bits per heavy atom. The highest BCUT2D eigenvalue weighted by Crippen LogP contribution is 2.29. The maximum atomic E-state index is 5.48. The third kappa shape index (κ3) is 3.56. The molecule has 1 aliphatic rings. The molecule has 1 aromatic rings. The van der Waals surface area contributed by atoms with Crippen LogP contribution in [-0.4, -0.2) is 16.5 Å². The molecule has 1 heterocycles. The molecular formula is C14H25N5. The lowest BCUT2D eigenvalue weighted by molar-refractivity contribution is 0.293. The van der Waals surface area contributed by atoms with Gasteiger partial charge in [-0.3, -0.25) is 0 Å². The molecule has 5 heteroatoms. The van der Waals surface area contributed by atoms with E-state index >= 15 is 0 Å². The summed E-state index contributed by atoms with van der Waals surface area (Å²) < 4.78 is 0. The molecule has 19 heavy (non-hydrogen) atoms. The Labute approximate surface area is 115 Å². The monoisotopic (exact) mass is 263 g/mol. The second-order valence-corrected chi connectivity index (χ2v) is 5.57. The minimum Gasteiger partial charge on any atom is -0.369 e. The molecule has 0 saturated heterocycles. The molecule has 4 N–H and O–H groups in total. The predicted octanol–water partition coefficient (Wildman–Crippen LogP) is 2.56. The van der Waals surface area contributed by atoms with Gasteiger partial charge in [-0.25, -0.2) is 15.8 Å². The van der Waals surface area contributed by atoms with Gasteiger partial charge in [0.05, 0.1) is 0 Å². The lowest BCUT2D eigenvalue weighted by Crippen LogP contribution is -2.22. The van der Waals surface area contributed by atoms with Crippen LogP contribution < -0.4 is 16.6 Å². The summed E-state index contributed by atoms with van der Waals surface area (Å²) in [4.78, 5) is 8.49. The van der Waals surface area contributed by atoms with Crippen molar-refractivity contribution in [1.29, 1.82) is 0 Å². The van der Waals surface area contributed by atoms with Crippen molar-refractivity contribution in [2.24, 2.45) is 17.7 Å². The lowest BCUT2D eigenvalue weighted by atomic mass is 9.82. The van der Waals surface area contributed by atoms with E-state index in [1.165, 1.54) is 25.7 Å². The van der Waals surface area contributed by atoms with Crippen molar-refractivity contribution >= 4 is 11.6 Å². The van der Waals surface area contributed by atoms with Gasteiger partial charge in [-0.1, -0.05) is 26.7 Å². The average molecular weight is 263 g/mol. The summed E-state index contributed by atoms with van der Waals surface area (Å²) in [5.41, 5.74) is 3.70. The number of hydrazine groups is 1. The van der Waals surface area contributed by atoms with Crippen LogP contribution in [0.25, 0.3) is 0 Å². The Morgan fingerprint density at radius 2 is 2.11 bits per heavy atom. The van der Waals surface area contributed by atoms with Gasteiger partial charge in [-0.15, -0.1) is 0 Å². The number of nitrogens with one attached hydrogen (secondary N) is 2. The van der Waals surface area contributed by atoms with Gasteiger partial charge in [0.25, 0.3) is 0 Å². The number of anilines is 2. The smallest absolute Gasteiger partial charge is 0.148 e. The van der Waals surface area contributed by atoms with Crippen molar-refractivity contribution < 1.29 is 0 Å². The first kappa shape index (κ1) is 14.1. The predicted molar refractivity (Wildman–Crippen MR) is 78.8 cm³/mol. The third-order valence-electron chi connectivity index (χ3n) is 4.04. The number of aromatic nitrogens is 2. The topological polar surface area (TPSA) is 75.9 Å². The summed E-state index contributed by atoms with van der Waals surface area (Å²) >= 11 is 0. The Morgan fingerprint density at radius 1 is 1.32 bits per heavy atom. The molecule has 0 aliphatic heterocycles. The molecule has 0 amide bonds. The Bertz CT molecular complexity index is 407.